The summed E-state index contributed by atoms with van der Waals surface area (Å²) in [6.07, 6.45) is 3.95. The highest BCUT2D eigenvalue weighted by Crippen LogP contribution is 2.31. The molecule has 0 N–H and O–H groups in total. The average molecular weight is 186 g/mol. The Hall–Kier alpha value is 0.570. The predicted octanol–water partition coefficient (Wildman–Crippen LogP) is 2.19. The minimum Gasteiger partial charge on any atom is -0.252 e. The van der Waals surface area contributed by atoms with Crippen LogP contribution in [-0.4, -0.2) is 21.9 Å². The van der Waals surface area contributed by atoms with Gasteiger partial charge in [-0.2, -0.15) is 0 Å². The first-order valence-electron chi connectivity index (χ1n) is 2.57. The maximum atomic E-state index is 5.56. The molecule has 0 spiro atoms. The maximum Gasteiger partial charge on any atom is 0.248 e. The second-order valence-electron chi connectivity index (χ2n) is 1.84. The summed E-state index contributed by atoms with van der Waals surface area (Å²) < 4.78 is -1.23. The van der Waals surface area contributed by atoms with Crippen molar-refractivity contribution in [3.05, 3.63) is 12.2 Å². The molecule has 0 unspecified atom stereocenters. The standard InChI is InChI=1S/C5H6Cl3N/c6-5(7,8)9-3-1-2-4-9/h1-2H,3-4H2. The van der Waals surface area contributed by atoms with Crippen LogP contribution in [0.2, 0.25) is 0 Å². The molecule has 4 heteroatoms. The lowest BCUT2D eigenvalue weighted by atomic mass is 10.6. The van der Waals surface area contributed by atoms with Crippen molar-refractivity contribution >= 4 is 34.8 Å². The van der Waals surface area contributed by atoms with Crippen LogP contribution in [0, 0.1) is 0 Å². The van der Waals surface area contributed by atoms with E-state index in [4.69, 9.17) is 34.8 Å². The summed E-state index contributed by atoms with van der Waals surface area (Å²) in [5.41, 5.74) is 0. The number of nitrogens with zero attached hydrogens (tertiary/aromatic N) is 1. The summed E-state index contributed by atoms with van der Waals surface area (Å²) >= 11 is 16.7. The molecule has 0 saturated carbocycles. The topological polar surface area (TPSA) is 3.24 Å². The van der Waals surface area contributed by atoms with Gasteiger partial charge < -0.3 is 0 Å². The highest BCUT2D eigenvalue weighted by molar-refractivity contribution is 6.67. The van der Waals surface area contributed by atoms with E-state index in [0.29, 0.717) is 0 Å². The van der Waals surface area contributed by atoms with E-state index in [1.54, 1.807) is 4.90 Å². The number of hydrogen-bond acceptors (Lipinski definition) is 1. The van der Waals surface area contributed by atoms with Gasteiger partial charge in [-0.25, -0.2) is 0 Å². The predicted molar refractivity (Wildman–Crippen MR) is 41.0 cm³/mol. The van der Waals surface area contributed by atoms with E-state index in [-0.39, 0.29) is 0 Å². The van der Waals surface area contributed by atoms with E-state index in [2.05, 4.69) is 0 Å². The molecule has 0 aromatic rings. The zero-order valence-electron chi connectivity index (χ0n) is 4.65. The van der Waals surface area contributed by atoms with Gasteiger partial charge >= 0.3 is 0 Å². The van der Waals surface area contributed by atoms with Gasteiger partial charge in [-0.05, 0) is 0 Å². The second-order valence-corrected chi connectivity index (χ2v) is 4.07. The van der Waals surface area contributed by atoms with Crippen LogP contribution < -0.4 is 0 Å². The Kier molecular flexibility index (Phi) is 2.27. The Morgan fingerprint density at radius 1 is 1.11 bits per heavy atom. The third kappa shape index (κ3) is 2.01. The molecular weight excluding hydrogens is 180 g/mol. The number of hydrogen-bond donors (Lipinski definition) is 0. The number of alkyl halides is 3. The second kappa shape index (κ2) is 2.67. The molecule has 0 fully saturated rings. The van der Waals surface area contributed by atoms with Crippen LogP contribution in [-0.2, 0) is 0 Å². The van der Waals surface area contributed by atoms with E-state index in [0.717, 1.165) is 13.1 Å². The molecule has 0 aromatic heterocycles. The van der Waals surface area contributed by atoms with Crippen molar-refractivity contribution in [2.45, 2.75) is 3.92 Å². The van der Waals surface area contributed by atoms with Gasteiger partial charge in [0.2, 0.25) is 3.92 Å². The fourth-order valence-corrected chi connectivity index (χ4v) is 1.10. The zero-order valence-corrected chi connectivity index (χ0v) is 6.92. The fraction of sp³-hybridized carbons (Fsp3) is 0.600. The van der Waals surface area contributed by atoms with Gasteiger partial charge in [-0.15, -0.1) is 0 Å². The van der Waals surface area contributed by atoms with Crippen LogP contribution in [0.4, 0.5) is 0 Å². The van der Waals surface area contributed by atoms with Gasteiger partial charge in [0, 0.05) is 13.1 Å². The fourth-order valence-electron chi connectivity index (χ4n) is 0.685. The first-order chi connectivity index (χ1) is 4.11. The van der Waals surface area contributed by atoms with Crippen molar-refractivity contribution in [1.29, 1.82) is 0 Å². The molecule has 0 aromatic carbocycles. The normalized spacial score (nSPS) is 21.2. The Labute approximate surface area is 69.2 Å². The van der Waals surface area contributed by atoms with E-state index in [9.17, 15) is 0 Å². The van der Waals surface area contributed by atoms with Crippen molar-refractivity contribution < 1.29 is 0 Å². The van der Waals surface area contributed by atoms with E-state index in [1.165, 1.54) is 0 Å². The summed E-state index contributed by atoms with van der Waals surface area (Å²) in [6, 6.07) is 0. The van der Waals surface area contributed by atoms with Crippen molar-refractivity contribution in [2.24, 2.45) is 0 Å². The molecule has 1 nitrogen and oxygen atoms in total. The molecule has 0 bridgehead atoms. The minimum atomic E-state index is -1.23. The minimum absolute atomic E-state index is 0.733. The van der Waals surface area contributed by atoms with Crippen molar-refractivity contribution in [3.8, 4) is 0 Å². The molecule has 9 heavy (non-hydrogen) atoms. The molecule has 52 valence electrons. The molecule has 1 aliphatic heterocycles. The van der Waals surface area contributed by atoms with Gasteiger partial charge in [-0.1, -0.05) is 47.0 Å². The summed E-state index contributed by atoms with van der Waals surface area (Å²) in [5, 5.41) is 0. The summed E-state index contributed by atoms with van der Waals surface area (Å²) in [6.45, 7) is 1.47. The highest BCUT2D eigenvalue weighted by atomic mass is 35.6. The Morgan fingerprint density at radius 2 is 1.56 bits per heavy atom. The first-order valence-corrected chi connectivity index (χ1v) is 3.71. The van der Waals surface area contributed by atoms with Gasteiger partial charge in [0.1, 0.15) is 0 Å². The zero-order chi connectivity index (χ0) is 6.91. The Balaban J connectivity index is 2.46. The average Bonchev–Trinajstić information content (AvgIpc) is 2.08. The Bertz CT molecular complexity index is 119. The molecule has 0 atom stereocenters. The van der Waals surface area contributed by atoms with Gasteiger partial charge in [0.25, 0.3) is 0 Å². The monoisotopic (exact) mass is 185 g/mol. The van der Waals surface area contributed by atoms with Crippen molar-refractivity contribution in [3.63, 3.8) is 0 Å². The van der Waals surface area contributed by atoms with Crippen LogP contribution in [0.5, 0.6) is 0 Å². The summed E-state index contributed by atoms with van der Waals surface area (Å²) in [7, 11) is 0. The van der Waals surface area contributed by atoms with E-state index >= 15 is 0 Å². The Morgan fingerprint density at radius 3 is 1.78 bits per heavy atom. The van der Waals surface area contributed by atoms with Crippen LogP contribution in [0.25, 0.3) is 0 Å². The third-order valence-corrected chi connectivity index (χ3v) is 1.89. The van der Waals surface area contributed by atoms with E-state index in [1.807, 2.05) is 12.2 Å². The van der Waals surface area contributed by atoms with E-state index < -0.39 is 3.92 Å². The third-order valence-electron chi connectivity index (χ3n) is 1.18. The summed E-state index contributed by atoms with van der Waals surface area (Å²) in [5.74, 6) is 0. The van der Waals surface area contributed by atoms with Crippen LogP contribution in [0.15, 0.2) is 12.2 Å². The SMILES string of the molecule is ClC(Cl)(Cl)N1CC=CC1. The number of rotatable bonds is 0. The summed E-state index contributed by atoms with van der Waals surface area (Å²) in [4.78, 5) is 1.73. The first kappa shape index (κ1) is 7.67. The van der Waals surface area contributed by atoms with Crippen molar-refractivity contribution in [1.82, 2.24) is 4.90 Å². The van der Waals surface area contributed by atoms with Gasteiger partial charge in [0.15, 0.2) is 0 Å². The lowest BCUT2D eigenvalue weighted by Gasteiger charge is -2.23. The van der Waals surface area contributed by atoms with Crippen LogP contribution in [0.1, 0.15) is 0 Å². The van der Waals surface area contributed by atoms with Gasteiger partial charge in [-0.3, -0.25) is 4.90 Å². The molecular formula is C5H6Cl3N. The molecule has 1 heterocycles. The largest absolute Gasteiger partial charge is 0.252 e. The van der Waals surface area contributed by atoms with Crippen LogP contribution >= 0.6 is 34.8 Å². The lowest BCUT2D eigenvalue weighted by Crippen LogP contribution is -2.32. The molecule has 0 amide bonds. The van der Waals surface area contributed by atoms with Crippen LogP contribution in [0.3, 0.4) is 0 Å². The lowest BCUT2D eigenvalue weighted by molar-refractivity contribution is 0.357. The molecule has 1 aliphatic rings. The molecule has 0 saturated heterocycles. The van der Waals surface area contributed by atoms with Crippen molar-refractivity contribution in [2.75, 3.05) is 13.1 Å². The highest BCUT2D eigenvalue weighted by Gasteiger charge is 2.29. The van der Waals surface area contributed by atoms with Gasteiger partial charge in [0.05, 0.1) is 0 Å². The smallest absolute Gasteiger partial charge is 0.248 e. The molecule has 0 aliphatic carbocycles. The maximum absolute atomic E-state index is 5.56. The molecule has 0 radical (unpaired) electrons. The number of halogens is 3. The quantitative estimate of drug-likeness (QED) is 0.318. The molecule has 1 rings (SSSR count).